The SMILES string of the molecule is CCC(CC)n1ccc(CC(CN)(CC(C)C)C(=O)O)n1. The number of nitrogens with two attached hydrogens (primary N) is 1. The van der Waals surface area contributed by atoms with Crippen molar-refractivity contribution < 1.29 is 9.90 Å². The maximum atomic E-state index is 11.7. The van der Waals surface area contributed by atoms with E-state index < -0.39 is 11.4 Å². The highest BCUT2D eigenvalue weighted by atomic mass is 16.4. The Morgan fingerprint density at radius 2 is 2.05 bits per heavy atom. The van der Waals surface area contributed by atoms with Crippen LogP contribution in [0.25, 0.3) is 0 Å². The van der Waals surface area contributed by atoms with Crippen molar-refractivity contribution >= 4 is 5.97 Å². The summed E-state index contributed by atoms with van der Waals surface area (Å²) >= 11 is 0. The third-order valence-electron chi connectivity index (χ3n) is 4.14. The van der Waals surface area contributed by atoms with E-state index >= 15 is 0 Å². The minimum absolute atomic E-state index is 0.137. The number of hydrogen-bond donors (Lipinski definition) is 2. The number of nitrogens with zero attached hydrogens (tertiary/aromatic N) is 2. The molecule has 1 heterocycles. The van der Waals surface area contributed by atoms with Gasteiger partial charge in [-0.3, -0.25) is 9.48 Å². The van der Waals surface area contributed by atoms with Gasteiger partial charge in [-0.15, -0.1) is 0 Å². The van der Waals surface area contributed by atoms with Crippen LogP contribution in [0.5, 0.6) is 0 Å². The first-order valence-corrected chi connectivity index (χ1v) is 7.86. The van der Waals surface area contributed by atoms with E-state index in [1.807, 2.05) is 30.8 Å². The van der Waals surface area contributed by atoms with E-state index in [9.17, 15) is 9.90 Å². The predicted octanol–water partition coefficient (Wildman–Crippen LogP) is 2.86. The van der Waals surface area contributed by atoms with Gasteiger partial charge in [0.15, 0.2) is 0 Å². The molecular weight excluding hydrogens is 266 g/mol. The molecule has 0 spiro atoms. The average molecular weight is 295 g/mol. The van der Waals surface area contributed by atoms with Gasteiger partial charge in [-0.2, -0.15) is 5.10 Å². The monoisotopic (exact) mass is 295 g/mol. The van der Waals surface area contributed by atoms with Gasteiger partial charge < -0.3 is 10.8 Å². The minimum Gasteiger partial charge on any atom is -0.481 e. The third kappa shape index (κ3) is 4.30. The van der Waals surface area contributed by atoms with Crippen LogP contribution >= 0.6 is 0 Å². The quantitative estimate of drug-likeness (QED) is 0.734. The molecule has 0 saturated heterocycles. The molecule has 5 nitrogen and oxygen atoms in total. The van der Waals surface area contributed by atoms with Gasteiger partial charge in [-0.25, -0.2) is 0 Å². The van der Waals surface area contributed by atoms with Gasteiger partial charge in [-0.05, 0) is 31.2 Å². The van der Waals surface area contributed by atoms with Crippen molar-refractivity contribution in [3.8, 4) is 0 Å². The average Bonchev–Trinajstić information content (AvgIpc) is 2.86. The maximum absolute atomic E-state index is 11.7. The van der Waals surface area contributed by atoms with Crippen molar-refractivity contribution in [2.75, 3.05) is 6.54 Å². The lowest BCUT2D eigenvalue weighted by Gasteiger charge is -2.29. The lowest BCUT2D eigenvalue weighted by molar-refractivity contribution is -0.149. The number of aromatic nitrogens is 2. The number of carboxylic acids is 1. The Balaban J connectivity index is 2.96. The predicted molar refractivity (Wildman–Crippen MR) is 84.1 cm³/mol. The van der Waals surface area contributed by atoms with Crippen molar-refractivity contribution in [2.45, 2.75) is 59.4 Å². The molecule has 1 atom stereocenters. The van der Waals surface area contributed by atoms with E-state index in [1.54, 1.807) is 0 Å². The summed E-state index contributed by atoms with van der Waals surface area (Å²) in [6.07, 6.45) is 4.95. The van der Waals surface area contributed by atoms with Gasteiger partial charge in [-0.1, -0.05) is 27.7 Å². The first-order chi connectivity index (χ1) is 9.88. The number of rotatable bonds is 9. The fourth-order valence-electron chi connectivity index (χ4n) is 2.94. The summed E-state index contributed by atoms with van der Waals surface area (Å²) in [5, 5.41) is 14.2. The van der Waals surface area contributed by atoms with Crippen LogP contribution in [-0.4, -0.2) is 27.4 Å². The second kappa shape index (κ2) is 7.59. The molecule has 0 aliphatic heterocycles. The molecule has 3 N–H and O–H groups in total. The van der Waals surface area contributed by atoms with Crippen molar-refractivity contribution in [3.05, 3.63) is 18.0 Å². The van der Waals surface area contributed by atoms with E-state index in [2.05, 4.69) is 18.9 Å². The highest BCUT2D eigenvalue weighted by Crippen LogP contribution is 2.30. The normalized spacial score (nSPS) is 14.6. The molecule has 1 unspecified atom stereocenters. The van der Waals surface area contributed by atoms with E-state index in [4.69, 9.17) is 5.73 Å². The first kappa shape index (κ1) is 17.7. The fraction of sp³-hybridized carbons (Fsp3) is 0.750. The first-order valence-electron chi connectivity index (χ1n) is 7.86. The van der Waals surface area contributed by atoms with Gasteiger partial charge in [0, 0.05) is 19.2 Å². The molecule has 0 aliphatic rings. The second-order valence-electron chi connectivity index (χ2n) is 6.32. The van der Waals surface area contributed by atoms with Gasteiger partial charge in [0.05, 0.1) is 17.2 Å². The maximum Gasteiger partial charge on any atom is 0.311 e. The fourth-order valence-corrected chi connectivity index (χ4v) is 2.94. The molecule has 0 saturated carbocycles. The van der Waals surface area contributed by atoms with Crippen LogP contribution in [0.15, 0.2) is 12.3 Å². The zero-order valence-corrected chi connectivity index (χ0v) is 13.7. The largest absolute Gasteiger partial charge is 0.481 e. The Labute approximate surface area is 127 Å². The Bertz CT molecular complexity index is 452. The Kier molecular flexibility index (Phi) is 6.40. The summed E-state index contributed by atoms with van der Waals surface area (Å²) in [5.74, 6) is -0.540. The Morgan fingerprint density at radius 1 is 1.43 bits per heavy atom. The topological polar surface area (TPSA) is 81.1 Å². The molecule has 0 bridgehead atoms. The molecule has 1 aromatic heterocycles. The zero-order valence-electron chi connectivity index (χ0n) is 13.7. The lowest BCUT2D eigenvalue weighted by Crippen LogP contribution is -2.42. The molecule has 1 aromatic rings. The molecule has 0 aliphatic carbocycles. The smallest absolute Gasteiger partial charge is 0.311 e. The molecule has 0 aromatic carbocycles. The van der Waals surface area contributed by atoms with Crippen molar-refractivity contribution in [3.63, 3.8) is 0 Å². The second-order valence-corrected chi connectivity index (χ2v) is 6.32. The lowest BCUT2D eigenvalue weighted by atomic mass is 9.76. The van der Waals surface area contributed by atoms with Crippen LogP contribution in [0.4, 0.5) is 0 Å². The van der Waals surface area contributed by atoms with Crippen molar-refractivity contribution in [1.29, 1.82) is 0 Å². The highest BCUT2D eigenvalue weighted by Gasteiger charge is 2.38. The number of aliphatic carboxylic acids is 1. The van der Waals surface area contributed by atoms with E-state index in [-0.39, 0.29) is 12.5 Å². The molecule has 0 radical (unpaired) electrons. The van der Waals surface area contributed by atoms with Gasteiger partial charge in [0.2, 0.25) is 0 Å². The summed E-state index contributed by atoms with van der Waals surface area (Å²) in [4.78, 5) is 11.7. The van der Waals surface area contributed by atoms with Crippen LogP contribution in [0.1, 0.15) is 58.7 Å². The summed E-state index contributed by atoms with van der Waals surface area (Å²) < 4.78 is 1.95. The zero-order chi connectivity index (χ0) is 16.0. The molecule has 1 rings (SSSR count). The number of carboxylic acid groups (broad SMARTS) is 1. The van der Waals surface area contributed by atoms with E-state index in [0.29, 0.717) is 18.9 Å². The van der Waals surface area contributed by atoms with Crippen LogP contribution in [-0.2, 0) is 11.2 Å². The van der Waals surface area contributed by atoms with E-state index in [0.717, 1.165) is 18.5 Å². The standard InChI is InChI=1S/C16H29N3O2/c1-5-14(6-2)19-8-7-13(18-19)10-16(11-17,15(20)21)9-12(3)4/h7-8,12,14H,5-6,9-11,17H2,1-4H3,(H,20,21). The molecule has 120 valence electrons. The summed E-state index contributed by atoms with van der Waals surface area (Å²) in [7, 11) is 0. The Hall–Kier alpha value is -1.36. The molecule has 5 heteroatoms. The Morgan fingerprint density at radius 3 is 2.48 bits per heavy atom. The summed E-state index contributed by atoms with van der Waals surface area (Å²) in [6.45, 7) is 8.45. The van der Waals surface area contributed by atoms with Gasteiger partial charge >= 0.3 is 5.97 Å². The van der Waals surface area contributed by atoms with Gasteiger partial charge in [0.1, 0.15) is 0 Å². The highest BCUT2D eigenvalue weighted by molar-refractivity contribution is 5.75. The molecule has 0 fully saturated rings. The molecule has 0 amide bonds. The molecule has 21 heavy (non-hydrogen) atoms. The summed E-state index contributed by atoms with van der Waals surface area (Å²) in [5.41, 5.74) is 5.71. The van der Waals surface area contributed by atoms with Crippen LogP contribution in [0.3, 0.4) is 0 Å². The van der Waals surface area contributed by atoms with E-state index in [1.165, 1.54) is 0 Å². The number of carbonyl (C=O) groups is 1. The van der Waals surface area contributed by atoms with Gasteiger partial charge in [0.25, 0.3) is 0 Å². The van der Waals surface area contributed by atoms with Crippen molar-refractivity contribution in [2.24, 2.45) is 17.1 Å². The minimum atomic E-state index is -0.915. The van der Waals surface area contributed by atoms with Crippen molar-refractivity contribution in [1.82, 2.24) is 9.78 Å². The van der Waals surface area contributed by atoms with Crippen LogP contribution in [0, 0.1) is 11.3 Å². The summed E-state index contributed by atoms with van der Waals surface area (Å²) in [6, 6.07) is 2.30. The molecular formula is C16H29N3O2. The van der Waals surface area contributed by atoms with Crippen LogP contribution < -0.4 is 5.73 Å². The number of hydrogen-bond acceptors (Lipinski definition) is 3. The van der Waals surface area contributed by atoms with Crippen LogP contribution in [0.2, 0.25) is 0 Å². The third-order valence-corrected chi connectivity index (χ3v) is 4.14.